The van der Waals surface area contributed by atoms with E-state index >= 15 is 0 Å². The molecule has 0 fully saturated rings. The van der Waals surface area contributed by atoms with E-state index in [4.69, 9.17) is 5.73 Å². The number of sulfonamides is 1. The van der Waals surface area contributed by atoms with Crippen LogP contribution in [0.15, 0.2) is 29.2 Å². The summed E-state index contributed by atoms with van der Waals surface area (Å²) in [5.74, 6) is 0.470. The Hall–Kier alpha value is -0.760. The van der Waals surface area contributed by atoms with Crippen molar-refractivity contribution in [3.63, 3.8) is 0 Å². The zero-order chi connectivity index (χ0) is 15.9. The summed E-state index contributed by atoms with van der Waals surface area (Å²) in [6.45, 7) is 3.54. The molecule has 1 aromatic rings. The monoisotopic (exact) mass is 332 g/mol. The van der Waals surface area contributed by atoms with E-state index in [2.05, 4.69) is 4.72 Å². The average molecular weight is 332 g/mol. The number of thioether (sulfide) groups is 1. The lowest BCUT2D eigenvalue weighted by atomic mass is 9.96. The summed E-state index contributed by atoms with van der Waals surface area (Å²) in [6.07, 6.45) is 1.12. The fourth-order valence-electron chi connectivity index (χ4n) is 1.86. The number of benzene rings is 1. The zero-order valence-corrected chi connectivity index (χ0v) is 14.1. The highest BCUT2D eigenvalue weighted by Gasteiger charge is 2.30. The smallest absolute Gasteiger partial charge is 0.213 e. The Balaban J connectivity index is 2.55. The molecule has 120 valence electrons. The van der Waals surface area contributed by atoms with Crippen LogP contribution in [0.4, 0.5) is 5.69 Å². The van der Waals surface area contributed by atoms with Gasteiger partial charge in [0.05, 0.1) is 17.9 Å². The number of nitrogens with two attached hydrogens (primary N) is 1. The van der Waals surface area contributed by atoms with E-state index in [0.29, 0.717) is 24.3 Å². The van der Waals surface area contributed by atoms with E-state index in [1.807, 2.05) is 26.0 Å². The van der Waals surface area contributed by atoms with Gasteiger partial charge in [0.25, 0.3) is 0 Å². The van der Waals surface area contributed by atoms with E-state index in [-0.39, 0.29) is 12.4 Å². The van der Waals surface area contributed by atoms with Crippen LogP contribution in [0.3, 0.4) is 0 Å². The van der Waals surface area contributed by atoms with Gasteiger partial charge < -0.3 is 10.8 Å². The Labute approximate surface area is 131 Å². The number of aliphatic hydroxyl groups is 1. The van der Waals surface area contributed by atoms with Crippen molar-refractivity contribution < 1.29 is 13.5 Å². The van der Waals surface area contributed by atoms with Crippen molar-refractivity contribution in [2.24, 2.45) is 0 Å². The Kier molecular flexibility index (Phi) is 6.99. The molecular weight excluding hydrogens is 308 g/mol. The number of anilines is 1. The number of rotatable bonds is 9. The van der Waals surface area contributed by atoms with Gasteiger partial charge >= 0.3 is 0 Å². The maximum absolute atomic E-state index is 12.1. The van der Waals surface area contributed by atoms with Crippen LogP contribution in [-0.4, -0.2) is 37.2 Å². The highest BCUT2D eigenvalue weighted by atomic mass is 32.2. The normalized spacial score (nSPS) is 12.5. The van der Waals surface area contributed by atoms with E-state index < -0.39 is 15.6 Å². The molecule has 1 aromatic carbocycles. The molecule has 0 heterocycles. The molecule has 0 aliphatic heterocycles. The second-order valence-corrected chi connectivity index (χ2v) is 7.99. The summed E-state index contributed by atoms with van der Waals surface area (Å²) in [5, 5.41) is 9.43. The lowest BCUT2D eigenvalue weighted by Gasteiger charge is -2.30. The summed E-state index contributed by atoms with van der Waals surface area (Å²) in [6, 6.07) is 7.33. The average Bonchev–Trinajstić information content (AvgIpc) is 2.47. The molecule has 7 heteroatoms. The van der Waals surface area contributed by atoms with Crippen molar-refractivity contribution in [1.29, 1.82) is 0 Å². The van der Waals surface area contributed by atoms with E-state index in [1.54, 1.807) is 12.1 Å². The Morgan fingerprint density at radius 1 is 1.24 bits per heavy atom. The molecule has 0 saturated heterocycles. The van der Waals surface area contributed by atoms with Gasteiger partial charge in [-0.15, -0.1) is 11.8 Å². The van der Waals surface area contributed by atoms with Crippen molar-refractivity contribution in [2.45, 2.75) is 37.1 Å². The van der Waals surface area contributed by atoms with Gasteiger partial charge in [0.1, 0.15) is 0 Å². The Morgan fingerprint density at radius 2 is 1.81 bits per heavy atom. The third kappa shape index (κ3) is 5.86. The van der Waals surface area contributed by atoms with Gasteiger partial charge in [-0.2, -0.15) is 0 Å². The SMILES string of the molecule is CCC(CC)(CO)NS(=O)(=O)CCSc1ccc(N)cc1. The molecular formula is C14H24N2O3S2. The van der Waals surface area contributed by atoms with Crippen molar-refractivity contribution in [1.82, 2.24) is 4.72 Å². The molecule has 0 atom stereocenters. The highest BCUT2D eigenvalue weighted by Crippen LogP contribution is 2.20. The van der Waals surface area contributed by atoms with Crippen LogP contribution in [0.2, 0.25) is 0 Å². The third-order valence-electron chi connectivity index (χ3n) is 3.53. The second kappa shape index (κ2) is 8.03. The van der Waals surface area contributed by atoms with E-state index in [9.17, 15) is 13.5 Å². The van der Waals surface area contributed by atoms with Crippen molar-refractivity contribution in [3.8, 4) is 0 Å². The van der Waals surface area contributed by atoms with Crippen LogP contribution < -0.4 is 10.5 Å². The third-order valence-corrected chi connectivity index (χ3v) is 6.29. The lowest BCUT2D eigenvalue weighted by Crippen LogP contribution is -2.51. The minimum absolute atomic E-state index is 0.0177. The molecule has 5 nitrogen and oxygen atoms in total. The van der Waals surface area contributed by atoms with Crippen molar-refractivity contribution in [2.75, 3.05) is 23.8 Å². The molecule has 0 radical (unpaired) electrons. The number of aliphatic hydroxyl groups excluding tert-OH is 1. The first-order valence-electron chi connectivity index (χ1n) is 6.97. The molecule has 0 saturated carbocycles. The van der Waals surface area contributed by atoms with Gasteiger partial charge in [0.15, 0.2) is 0 Å². The van der Waals surface area contributed by atoms with Gasteiger partial charge in [-0.1, -0.05) is 13.8 Å². The summed E-state index contributed by atoms with van der Waals surface area (Å²) in [7, 11) is -3.41. The molecule has 0 bridgehead atoms. The lowest BCUT2D eigenvalue weighted by molar-refractivity contribution is 0.172. The number of hydrogen-bond donors (Lipinski definition) is 3. The molecule has 0 aliphatic carbocycles. The minimum Gasteiger partial charge on any atom is -0.399 e. The van der Waals surface area contributed by atoms with Crippen LogP contribution in [-0.2, 0) is 10.0 Å². The van der Waals surface area contributed by atoms with Crippen LogP contribution in [0, 0.1) is 0 Å². The summed E-state index contributed by atoms with van der Waals surface area (Å²) >= 11 is 1.47. The maximum Gasteiger partial charge on any atom is 0.213 e. The Morgan fingerprint density at radius 3 is 2.29 bits per heavy atom. The maximum atomic E-state index is 12.1. The van der Waals surface area contributed by atoms with Gasteiger partial charge in [-0.3, -0.25) is 0 Å². The predicted molar refractivity (Wildman–Crippen MR) is 88.9 cm³/mol. The first-order chi connectivity index (χ1) is 9.86. The van der Waals surface area contributed by atoms with Gasteiger partial charge in [0, 0.05) is 16.3 Å². The zero-order valence-electron chi connectivity index (χ0n) is 12.5. The van der Waals surface area contributed by atoms with Crippen molar-refractivity contribution in [3.05, 3.63) is 24.3 Å². The molecule has 21 heavy (non-hydrogen) atoms. The largest absolute Gasteiger partial charge is 0.399 e. The summed E-state index contributed by atoms with van der Waals surface area (Å²) in [5.41, 5.74) is 5.54. The molecule has 0 aromatic heterocycles. The Bertz CT molecular complexity index is 517. The first-order valence-corrected chi connectivity index (χ1v) is 9.61. The van der Waals surface area contributed by atoms with Crippen LogP contribution in [0.25, 0.3) is 0 Å². The molecule has 0 unspecified atom stereocenters. The van der Waals surface area contributed by atoms with E-state index in [0.717, 1.165) is 4.90 Å². The minimum atomic E-state index is -3.41. The van der Waals surface area contributed by atoms with Gasteiger partial charge in [-0.05, 0) is 37.1 Å². The molecule has 4 N–H and O–H groups in total. The first kappa shape index (κ1) is 18.3. The molecule has 0 spiro atoms. The molecule has 0 aliphatic rings. The standard InChI is InChI=1S/C14H24N2O3S2/c1-3-14(4-2,11-17)16-21(18,19)10-9-20-13-7-5-12(15)6-8-13/h5-8,16-17H,3-4,9-11,15H2,1-2H3. The van der Waals surface area contributed by atoms with Gasteiger partial charge in [-0.25, -0.2) is 13.1 Å². The fourth-order valence-corrected chi connectivity index (χ4v) is 4.75. The molecule has 1 rings (SSSR count). The number of nitrogen functional groups attached to an aromatic ring is 1. The number of hydrogen-bond acceptors (Lipinski definition) is 5. The quantitative estimate of drug-likeness (QED) is 0.474. The summed E-state index contributed by atoms with van der Waals surface area (Å²) in [4.78, 5) is 0.985. The van der Waals surface area contributed by atoms with Crippen LogP contribution >= 0.6 is 11.8 Å². The van der Waals surface area contributed by atoms with E-state index in [1.165, 1.54) is 11.8 Å². The highest BCUT2D eigenvalue weighted by molar-refractivity contribution is 8.00. The van der Waals surface area contributed by atoms with Crippen LogP contribution in [0.5, 0.6) is 0 Å². The fraction of sp³-hybridized carbons (Fsp3) is 0.571. The number of nitrogens with one attached hydrogen (secondary N) is 1. The predicted octanol–water partition coefficient (Wildman–Crippen LogP) is 1.83. The van der Waals surface area contributed by atoms with Gasteiger partial charge in [0.2, 0.25) is 10.0 Å². The second-order valence-electron chi connectivity index (χ2n) is 4.98. The summed E-state index contributed by atoms with van der Waals surface area (Å²) < 4.78 is 26.9. The van der Waals surface area contributed by atoms with Crippen molar-refractivity contribution >= 4 is 27.5 Å². The van der Waals surface area contributed by atoms with Crippen LogP contribution in [0.1, 0.15) is 26.7 Å². The molecule has 0 amide bonds. The topological polar surface area (TPSA) is 92.4 Å².